The van der Waals surface area contributed by atoms with E-state index in [0.717, 1.165) is 0 Å². The van der Waals surface area contributed by atoms with Crippen molar-refractivity contribution in [2.24, 2.45) is 0 Å². The molecule has 1 aromatic carbocycles. The van der Waals surface area contributed by atoms with E-state index in [-0.39, 0.29) is 5.56 Å². The number of hydrogen-bond donors (Lipinski definition) is 2. The quantitative estimate of drug-likeness (QED) is 0.549. The van der Waals surface area contributed by atoms with Crippen LogP contribution in [0.15, 0.2) is 29.1 Å². The number of methoxy groups -OCH3 is 1. The van der Waals surface area contributed by atoms with E-state index < -0.39 is 0 Å². The number of aromatic nitrogens is 7. The van der Waals surface area contributed by atoms with Crippen LogP contribution >= 0.6 is 0 Å². The second kappa shape index (κ2) is 4.13. The largest absolute Gasteiger partial charge is 0.495 e. The molecule has 0 amide bonds. The SMILES string of the molecule is COc1cccc2c(=O)n3nc(-c4nnn[nH]4)cc3[nH]c12. The third-order valence-electron chi connectivity index (χ3n) is 3.22. The molecule has 3 heterocycles. The van der Waals surface area contributed by atoms with E-state index in [0.29, 0.717) is 33.8 Å². The molecule has 21 heavy (non-hydrogen) atoms. The number of para-hydroxylation sites is 1. The second-order valence-corrected chi connectivity index (χ2v) is 4.39. The molecule has 104 valence electrons. The van der Waals surface area contributed by atoms with E-state index >= 15 is 0 Å². The van der Waals surface area contributed by atoms with Crippen molar-refractivity contribution in [2.75, 3.05) is 7.11 Å². The summed E-state index contributed by atoms with van der Waals surface area (Å²) in [5.41, 5.74) is 1.39. The zero-order valence-electron chi connectivity index (χ0n) is 10.9. The van der Waals surface area contributed by atoms with Crippen molar-refractivity contribution in [3.63, 3.8) is 0 Å². The van der Waals surface area contributed by atoms with Gasteiger partial charge in [-0.1, -0.05) is 6.07 Å². The summed E-state index contributed by atoms with van der Waals surface area (Å²) in [6.45, 7) is 0. The summed E-state index contributed by atoms with van der Waals surface area (Å²) >= 11 is 0. The molecule has 0 atom stereocenters. The Morgan fingerprint density at radius 2 is 2.24 bits per heavy atom. The highest BCUT2D eigenvalue weighted by Crippen LogP contribution is 2.22. The minimum absolute atomic E-state index is 0.239. The minimum Gasteiger partial charge on any atom is -0.495 e. The third kappa shape index (κ3) is 1.60. The highest BCUT2D eigenvalue weighted by molar-refractivity contribution is 5.85. The average molecular weight is 283 g/mol. The van der Waals surface area contributed by atoms with Gasteiger partial charge in [-0.3, -0.25) is 4.79 Å². The first-order valence-corrected chi connectivity index (χ1v) is 6.11. The van der Waals surface area contributed by atoms with Gasteiger partial charge < -0.3 is 9.72 Å². The van der Waals surface area contributed by atoms with Gasteiger partial charge in [0.15, 0.2) is 5.82 Å². The summed E-state index contributed by atoms with van der Waals surface area (Å²) in [4.78, 5) is 15.6. The molecule has 4 rings (SSSR count). The maximum atomic E-state index is 12.5. The van der Waals surface area contributed by atoms with Crippen molar-refractivity contribution in [1.29, 1.82) is 0 Å². The molecule has 9 heteroatoms. The monoisotopic (exact) mass is 283 g/mol. The zero-order valence-corrected chi connectivity index (χ0v) is 10.9. The van der Waals surface area contributed by atoms with E-state index in [1.807, 2.05) is 0 Å². The Morgan fingerprint density at radius 1 is 1.33 bits per heavy atom. The summed E-state index contributed by atoms with van der Waals surface area (Å²) in [7, 11) is 1.55. The van der Waals surface area contributed by atoms with Crippen LogP contribution in [0.2, 0.25) is 0 Å². The van der Waals surface area contributed by atoms with Gasteiger partial charge in [0.25, 0.3) is 5.56 Å². The van der Waals surface area contributed by atoms with Crippen LogP contribution in [0, 0.1) is 0 Å². The summed E-state index contributed by atoms with van der Waals surface area (Å²) in [6, 6.07) is 6.95. The predicted octanol–water partition coefficient (Wildman–Crippen LogP) is 0.364. The first-order chi connectivity index (χ1) is 10.3. The Morgan fingerprint density at radius 3 is 3.00 bits per heavy atom. The van der Waals surface area contributed by atoms with Crippen LogP contribution in [0.3, 0.4) is 0 Å². The fraction of sp³-hybridized carbons (Fsp3) is 0.0833. The predicted molar refractivity (Wildman–Crippen MR) is 73.0 cm³/mol. The number of benzene rings is 1. The van der Waals surface area contributed by atoms with Gasteiger partial charge in [0.05, 0.1) is 18.0 Å². The maximum Gasteiger partial charge on any atom is 0.282 e. The number of hydrogen-bond acceptors (Lipinski definition) is 6. The van der Waals surface area contributed by atoms with Crippen molar-refractivity contribution in [3.05, 3.63) is 34.6 Å². The van der Waals surface area contributed by atoms with Crippen LogP contribution in [0.25, 0.3) is 28.1 Å². The average Bonchev–Trinajstić information content (AvgIpc) is 3.15. The lowest BCUT2D eigenvalue weighted by Gasteiger charge is -2.05. The van der Waals surface area contributed by atoms with Crippen molar-refractivity contribution in [3.8, 4) is 17.3 Å². The van der Waals surface area contributed by atoms with Crippen LogP contribution in [0.5, 0.6) is 5.75 Å². The van der Waals surface area contributed by atoms with E-state index in [1.165, 1.54) is 4.52 Å². The molecule has 9 nitrogen and oxygen atoms in total. The highest BCUT2D eigenvalue weighted by Gasteiger charge is 2.13. The van der Waals surface area contributed by atoms with Gasteiger partial charge >= 0.3 is 0 Å². The Labute approximate surface area is 116 Å². The van der Waals surface area contributed by atoms with Crippen LogP contribution in [0.4, 0.5) is 0 Å². The number of aromatic amines is 2. The lowest BCUT2D eigenvalue weighted by Crippen LogP contribution is -2.15. The zero-order chi connectivity index (χ0) is 14.4. The molecule has 4 aromatic rings. The number of ether oxygens (including phenoxy) is 1. The van der Waals surface area contributed by atoms with Crippen molar-refractivity contribution in [1.82, 2.24) is 35.2 Å². The Hall–Kier alpha value is -3.23. The Balaban J connectivity index is 2.10. The van der Waals surface area contributed by atoms with Gasteiger partial charge in [0, 0.05) is 6.07 Å². The van der Waals surface area contributed by atoms with Crippen molar-refractivity contribution in [2.45, 2.75) is 0 Å². The standard InChI is InChI=1S/C12H9N7O2/c1-21-8-4-2-3-6-10(8)13-9-5-7(11-14-17-18-15-11)16-19(9)12(6)20/h2-5,13H,1H3,(H,14,15,17,18). The van der Waals surface area contributed by atoms with Gasteiger partial charge in [-0.05, 0) is 22.6 Å². The summed E-state index contributed by atoms with van der Waals surface area (Å²) in [6.07, 6.45) is 0. The third-order valence-corrected chi connectivity index (χ3v) is 3.22. The van der Waals surface area contributed by atoms with Crippen molar-refractivity contribution < 1.29 is 4.74 Å². The topological polar surface area (TPSA) is 114 Å². The fourth-order valence-corrected chi connectivity index (χ4v) is 2.26. The first kappa shape index (κ1) is 11.6. The number of nitrogens with one attached hydrogen (secondary N) is 2. The molecule has 0 spiro atoms. The van der Waals surface area contributed by atoms with Crippen LogP contribution < -0.4 is 10.3 Å². The molecule has 0 radical (unpaired) electrons. The van der Waals surface area contributed by atoms with Gasteiger partial charge in [0.2, 0.25) is 0 Å². The molecule has 3 aromatic heterocycles. The highest BCUT2D eigenvalue weighted by atomic mass is 16.5. The molecule has 0 aliphatic rings. The van der Waals surface area contributed by atoms with E-state index in [9.17, 15) is 4.79 Å². The molecule has 0 aliphatic heterocycles. The van der Waals surface area contributed by atoms with Crippen LogP contribution in [0.1, 0.15) is 0 Å². The lowest BCUT2D eigenvalue weighted by molar-refractivity contribution is 0.419. The second-order valence-electron chi connectivity index (χ2n) is 4.39. The van der Waals surface area contributed by atoms with Gasteiger partial charge in [-0.2, -0.15) is 9.61 Å². The van der Waals surface area contributed by atoms with Gasteiger partial charge in [-0.25, -0.2) is 5.10 Å². The molecule has 0 saturated carbocycles. The summed E-state index contributed by atoms with van der Waals surface area (Å²) < 4.78 is 6.55. The molecular weight excluding hydrogens is 274 g/mol. The Kier molecular flexibility index (Phi) is 2.28. The van der Waals surface area contributed by atoms with Crippen molar-refractivity contribution >= 4 is 16.6 Å². The van der Waals surface area contributed by atoms with Crippen LogP contribution in [-0.4, -0.2) is 42.3 Å². The molecule has 0 bridgehead atoms. The normalized spacial score (nSPS) is 11.3. The smallest absolute Gasteiger partial charge is 0.282 e. The molecule has 2 N–H and O–H groups in total. The van der Waals surface area contributed by atoms with Crippen LogP contribution in [-0.2, 0) is 0 Å². The molecule has 0 aliphatic carbocycles. The minimum atomic E-state index is -0.239. The van der Waals surface area contributed by atoms with Gasteiger partial charge in [-0.15, -0.1) is 5.10 Å². The first-order valence-electron chi connectivity index (χ1n) is 6.11. The maximum absolute atomic E-state index is 12.5. The fourth-order valence-electron chi connectivity index (χ4n) is 2.26. The van der Waals surface area contributed by atoms with E-state index in [2.05, 4.69) is 30.7 Å². The van der Waals surface area contributed by atoms with Gasteiger partial charge in [0.1, 0.15) is 17.1 Å². The number of nitrogens with zero attached hydrogens (tertiary/aromatic N) is 5. The number of tetrazole rings is 1. The lowest BCUT2D eigenvalue weighted by atomic mass is 10.2. The van der Waals surface area contributed by atoms with E-state index in [4.69, 9.17) is 4.74 Å². The molecule has 0 unspecified atom stereocenters. The summed E-state index contributed by atoms with van der Waals surface area (Å²) in [5.74, 6) is 0.985. The molecule has 0 fully saturated rings. The number of fused-ring (bicyclic) bond motifs is 2. The number of rotatable bonds is 2. The number of H-pyrrole nitrogens is 2. The summed E-state index contributed by atoms with van der Waals surface area (Å²) in [5, 5.41) is 18.1. The van der Waals surface area contributed by atoms with E-state index in [1.54, 1.807) is 31.4 Å². The molecular formula is C12H9N7O2. The molecule has 0 saturated heterocycles. The Bertz CT molecular complexity index is 1000.